The molecule has 0 aliphatic rings. The maximum Gasteiger partial charge on any atom is 0.314 e. The molecule has 2 N–H and O–H groups in total. The van der Waals surface area contributed by atoms with Gasteiger partial charge >= 0.3 is 6.03 Å². The number of halogens is 1. The minimum atomic E-state index is -0.458. The van der Waals surface area contributed by atoms with Crippen LogP contribution >= 0.6 is 12.6 Å². The lowest BCUT2D eigenvalue weighted by Gasteiger charge is -2.14. The second kappa shape index (κ2) is 10.5. The number of hydrogen-bond acceptors (Lipinski definition) is 6. The van der Waals surface area contributed by atoms with Crippen molar-refractivity contribution in [2.75, 3.05) is 32.6 Å². The number of ether oxygens (including phenoxy) is 3. The van der Waals surface area contributed by atoms with E-state index in [1.807, 2.05) is 0 Å². The molecule has 30 heavy (non-hydrogen) atoms. The van der Waals surface area contributed by atoms with Gasteiger partial charge in [-0.05, 0) is 24.3 Å². The average Bonchev–Trinajstić information content (AvgIpc) is 2.76. The third kappa shape index (κ3) is 5.44. The number of nitrogens with one attached hydrogen (secondary N) is 2. The minimum Gasteiger partial charge on any atom is -0.493 e. The molecule has 3 rings (SSSR count). The van der Waals surface area contributed by atoms with Crippen LogP contribution in [0.2, 0.25) is 0 Å². The first kappa shape index (κ1) is 21.5. The highest BCUT2D eigenvalue weighted by Crippen LogP contribution is 2.37. The van der Waals surface area contributed by atoms with Crippen molar-refractivity contribution in [3.63, 3.8) is 0 Å². The Morgan fingerprint density at radius 2 is 1.87 bits per heavy atom. The van der Waals surface area contributed by atoms with E-state index >= 15 is 0 Å². The number of carbonyl (C=O) groups is 1. The zero-order valence-corrected chi connectivity index (χ0v) is 17.2. The van der Waals surface area contributed by atoms with E-state index < -0.39 is 5.82 Å². The first-order valence-electron chi connectivity index (χ1n) is 9.27. The molecular weight excluding hydrogens is 409 g/mol. The van der Waals surface area contributed by atoms with Crippen molar-refractivity contribution in [1.29, 1.82) is 0 Å². The number of aromatic nitrogens is 1. The van der Waals surface area contributed by atoms with Crippen LogP contribution in [0.1, 0.15) is 0 Å². The highest BCUT2D eigenvalue weighted by atomic mass is 32.1. The Morgan fingerprint density at radius 3 is 2.63 bits per heavy atom. The van der Waals surface area contributed by atoms with Gasteiger partial charge in [-0.2, -0.15) is 12.6 Å². The van der Waals surface area contributed by atoms with Crippen LogP contribution in [-0.2, 0) is 0 Å². The van der Waals surface area contributed by atoms with Crippen molar-refractivity contribution in [1.82, 2.24) is 15.6 Å². The van der Waals surface area contributed by atoms with E-state index in [0.29, 0.717) is 47.0 Å². The Morgan fingerprint density at radius 1 is 1.07 bits per heavy atom. The molecule has 0 spiro atoms. The van der Waals surface area contributed by atoms with Crippen LogP contribution in [-0.4, -0.2) is 43.6 Å². The number of para-hydroxylation sites is 1. The summed E-state index contributed by atoms with van der Waals surface area (Å²) in [5, 5.41) is 5.98. The number of benzene rings is 2. The lowest BCUT2D eigenvalue weighted by Crippen LogP contribution is -2.38. The van der Waals surface area contributed by atoms with Crippen LogP contribution in [0.25, 0.3) is 10.9 Å². The molecule has 0 atom stereocenters. The van der Waals surface area contributed by atoms with Gasteiger partial charge in [0.2, 0.25) is 0 Å². The van der Waals surface area contributed by atoms with Crippen molar-refractivity contribution in [2.24, 2.45) is 0 Å². The van der Waals surface area contributed by atoms with Gasteiger partial charge in [-0.3, -0.25) is 4.98 Å². The smallest absolute Gasteiger partial charge is 0.314 e. The van der Waals surface area contributed by atoms with Gasteiger partial charge in [0.05, 0.1) is 19.2 Å². The summed E-state index contributed by atoms with van der Waals surface area (Å²) >= 11 is 4.03. The maximum atomic E-state index is 14.0. The molecule has 3 aromatic rings. The molecule has 0 fully saturated rings. The lowest BCUT2D eigenvalue weighted by atomic mass is 10.2. The number of fused-ring (bicyclic) bond motifs is 1. The summed E-state index contributed by atoms with van der Waals surface area (Å²) in [6.07, 6.45) is 1.57. The summed E-state index contributed by atoms with van der Waals surface area (Å²) in [5.41, 5.74) is 0.596. The molecule has 1 heterocycles. The van der Waals surface area contributed by atoms with E-state index in [1.54, 1.807) is 42.6 Å². The third-order valence-electron chi connectivity index (χ3n) is 4.09. The summed E-state index contributed by atoms with van der Waals surface area (Å²) in [7, 11) is 1.52. The van der Waals surface area contributed by atoms with E-state index in [2.05, 4.69) is 28.2 Å². The highest BCUT2D eigenvalue weighted by Gasteiger charge is 2.13. The van der Waals surface area contributed by atoms with Gasteiger partial charge in [0.15, 0.2) is 23.1 Å². The average molecular weight is 431 g/mol. The fourth-order valence-corrected chi connectivity index (χ4v) is 2.80. The quantitative estimate of drug-likeness (QED) is 0.355. The molecule has 0 bridgehead atoms. The van der Waals surface area contributed by atoms with Gasteiger partial charge in [-0.15, -0.1) is 0 Å². The van der Waals surface area contributed by atoms with Crippen molar-refractivity contribution in [3.05, 3.63) is 54.5 Å². The van der Waals surface area contributed by atoms with Gasteiger partial charge in [0.1, 0.15) is 12.4 Å². The molecule has 0 saturated heterocycles. The number of hydrogen-bond donors (Lipinski definition) is 3. The largest absolute Gasteiger partial charge is 0.493 e. The standard InChI is InChI=1S/C21H22FN3O4S/c1-27-19-12-14-16(13-20(19)28-10-8-24-21(26)25-9-11-30)23-7-6-17(14)29-18-5-3-2-4-15(18)22/h2-7,12-13,30H,8-11H2,1H3,(H2,24,25,26). The summed E-state index contributed by atoms with van der Waals surface area (Å²) < 4.78 is 30.9. The molecule has 2 aromatic carbocycles. The van der Waals surface area contributed by atoms with Crippen LogP contribution in [0.3, 0.4) is 0 Å². The van der Waals surface area contributed by atoms with Crippen LogP contribution in [0.4, 0.5) is 9.18 Å². The minimum absolute atomic E-state index is 0.117. The fourth-order valence-electron chi connectivity index (χ4n) is 2.69. The molecule has 0 radical (unpaired) electrons. The number of urea groups is 1. The molecule has 9 heteroatoms. The number of amides is 2. The maximum absolute atomic E-state index is 14.0. The second-order valence-electron chi connectivity index (χ2n) is 6.12. The molecular formula is C21H22FN3O4S. The Hall–Kier alpha value is -3.20. The van der Waals surface area contributed by atoms with Gasteiger partial charge in [-0.1, -0.05) is 12.1 Å². The molecule has 0 aliphatic heterocycles. The molecule has 0 aliphatic carbocycles. The molecule has 158 valence electrons. The molecule has 2 amide bonds. The van der Waals surface area contributed by atoms with Gasteiger partial charge in [0, 0.05) is 29.9 Å². The Balaban J connectivity index is 1.74. The van der Waals surface area contributed by atoms with Gasteiger partial charge in [0.25, 0.3) is 0 Å². The number of methoxy groups -OCH3 is 1. The monoisotopic (exact) mass is 431 g/mol. The number of thiol groups is 1. The Bertz CT molecular complexity index is 1020. The van der Waals surface area contributed by atoms with Gasteiger partial charge in [-0.25, -0.2) is 9.18 Å². The SMILES string of the molecule is COc1cc2c(Oc3ccccc3F)ccnc2cc1OCCNC(=O)NCCS. The predicted octanol–water partition coefficient (Wildman–Crippen LogP) is 3.78. The van der Waals surface area contributed by atoms with Crippen LogP contribution in [0.5, 0.6) is 23.0 Å². The normalized spacial score (nSPS) is 10.5. The molecule has 1 aromatic heterocycles. The number of carbonyl (C=O) groups excluding carboxylic acids is 1. The fraction of sp³-hybridized carbons (Fsp3) is 0.238. The van der Waals surface area contributed by atoms with Crippen molar-refractivity contribution in [3.8, 4) is 23.0 Å². The first-order valence-corrected chi connectivity index (χ1v) is 9.90. The topological polar surface area (TPSA) is 81.7 Å². The van der Waals surface area contributed by atoms with E-state index in [-0.39, 0.29) is 18.4 Å². The second-order valence-corrected chi connectivity index (χ2v) is 6.56. The summed E-state index contributed by atoms with van der Waals surface area (Å²) in [5.74, 6) is 1.60. The zero-order valence-electron chi connectivity index (χ0n) is 16.4. The van der Waals surface area contributed by atoms with Crippen LogP contribution < -0.4 is 24.8 Å². The summed E-state index contributed by atoms with van der Waals surface area (Å²) in [6.45, 7) is 1.03. The van der Waals surface area contributed by atoms with E-state index in [4.69, 9.17) is 14.2 Å². The van der Waals surface area contributed by atoms with E-state index in [9.17, 15) is 9.18 Å². The first-order chi connectivity index (χ1) is 14.6. The number of pyridine rings is 1. The highest BCUT2D eigenvalue weighted by molar-refractivity contribution is 7.80. The third-order valence-corrected chi connectivity index (χ3v) is 4.31. The van der Waals surface area contributed by atoms with Crippen LogP contribution in [0.15, 0.2) is 48.7 Å². The van der Waals surface area contributed by atoms with E-state index in [0.717, 1.165) is 0 Å². The predicted molar refractivity (Wildman–Crippen MR) is 116 cm³/mol. The van der Waals surface area contributed by atoms with Crippen molar-refractivity contribution < 1.29 is 23.4 Å². The van der Waals surface area contributed by atoms with E-state index in [1.165, 1.54) is 13.2 Å². The van der Waals surface area contributed by atoms with Crippen molar-refractivity contribution in [2.45, 2.75) is 0 Å². The van der Waals surface area contributed by atoms with Gasteiger partial charge < -0.3 is 24.8 Å². The number of nitrogens with zero attached hydrogens (tertiary/aromatic N) is 1. The van der Waals surface area contributed by atoms with Crippen molar-refractivity contribution >= 4 is 29.6 Å². The molecule has 0 unspecified atom stereocenters. The molecule has 0 saturated carbocycles. The Kier molecular flexibility index (Phi) is 7.56. The zero-order chi connectivity index (χ0) is 21.3. The number of rotatable bonds is 9. The van der Waals surface area contributed by atoms with Crippen LogP contribution in [0, 0.1) is 5.82 Å². The summed E-state index contributed by atoms with van der Waals surface area (Å²) in [4.78, 5) is 15.9. The molecule has 7 nitrogen and oxygen atoms in total. The Labute approximate surface area is 179 Å². The lowest BCUT2D eigenvalue weighted by molar-refractivity contribution is 0.236. The summed E-state index contributed by atoms with van der Waals surface area (Å²) in [6, 6.07) is 11.0.